The Bertz CT molecular complexity index is 1070. The number of esters is 2. The van der Waals surface area contributed by atoms with Crippen molar-refractivity contribution in [2.24, 2.45) is 0 Å². The summed E-state index contributed by atoms with van der Waals surface area (Å²) >= 11 is 0. The van der Waals surface area contributed by atoms with Crippen LogP contribution in [0.2, 0.25) is 0 Å². The summed E-state index contributed by atoms with van der Waals surface area (Å²) in [6, 6.07) is 5.46. The minimum absolute atomic E-state index is 0.0462. The lowest BCUT2D eigenvalue weighted by molar-refractivity contribution is -0.0806. The molecule has 0 aliphatic heterocycles. The fourth-order valence-electron chi connectivity index (χ4n) is 2.63. The molecule has 0 heterocycles. The van der Waals surface area contributed by atoms with E-state index >= 15 is 0 Å². The first-order valence-electron chi connectivity index (χ1n) is 9.09. The molecule has 2 aromatic rings. The zero-order valence-electron chi connectivity index (χ0n) is 16.8. The number of carboxylic acid groups (broad SMARTS) is 4. The van der Waals surface area contributed by atoms with Gasteiger partial charge in [-0.1, -0.05) is 6.92 Å². The molecule has 172 valence electrons. The van der Waals surface area contributed by atoms with Crippen molar-refractivity contribution in [1.29, 1.82) is 0 Å². The number of carbonyl (C=O) groups is 6. The molecule has 0 atom stereocenters. The van der Waals surface area contributed by atoms with Gasteiger partial charge in [-0.25, -0.2) is 28.8 Å². The first-order valence-corrected chi connectivity index (χ1v) is 9.09. The molecule has 0 saturated heterocycles. The molecule has 0 radical (unpaired) electrons. The van der Waals surface area contributed by atoms with Gasteiger partial charge in [0.25, 0.3) is 0 Å². The van der Waals surface area contributed by atoms with E-state index in [2.05, 4.69) is 0 Å². The van der Waals surface area contributed by atoms with Crippen molar-refractivity contribution < 1.29 is 58.7 Å². The predicted molar refractivity (Wildman–Crippen MR) is 106 cm³/mol. The summed E-state index contributed by atoms with van der Waals surface area (Å²) < 4.78 is 10.0. The lowest BCUT2D eigenvalue weighted by Crippen LogP contribution is -2.25. The van der Waals surface area contributed by atoms with Gasteiger partial charge in [-0.2, -0.15) is 0 Å². The first-order chi connectivity index (χ1) is 15.5. The highest BCUT2D eigenvalue weighted by atomic mass is 16.7. The fraction of sp³-hybridized carbons (Fsp3) is 0.143. The van der Waals surface area contributed by atoms with Crippen molar-refractivity contribution in [1.82, 2.24) is 0 Å². The molecule has 4 N–H and O–H groups in total. The maximum absolute atomic E-state index is 12.4. The maximum atomic E-state index is 12.4. The second kappa shape index (κ2) is 10.0. The van der Waals surface area contributed by atoms with E-state index < -0.39 is 64.4 Å². The highest BCUT2D eigenvalue weighted by Crippen LogP contribution is 2.18. The Balaban J connectivity index is 2.22. The number of aromatic carboxylic acids is 4. The smallest absolute Gasteiger partial charge is 0.341 e. The molecule has 0 aromatic heterocycles. The van der Waals surface area contributed by atoms with Crippen LogP contribution < -0.4 is 0 Å². The number of ether oxygens (including phenoxy) is 2. The normalized spacial score (nSPS) is 10.4. The number of hydrogen-bond acceptors (Lipinski definition) is 8. The zero-order valence-corrected chi connectivity index (χ0v) is 16.8. The van der Waals surface area contributed by atoms with Crippen LogP contribution in [-0.4, -0.2) is 62.5 Å². The average molecular weight is 460 g/mol. The third-order valence-corrected chi connectivity index (χ3v) is 4.24. The third-order valence-electron chi connectivity index (χ3n) is 4.24. The number of benzene rings is 2. The highest BCUT2D eigenvalue weighted by molar-refractivity contribution is 6.05. The summed E-state index contributed by atoms with van der Waals surface area (Å²) in [5.74, 6) is -8.41. The van der Waals surface area contributed by atoms with Crippen LogP contribution in [0.3, 0.4) is 0 Å². The second-order valence-corrected chi connectivity index (χ2v) is 6.39. The van der Waals surface area contributed by atoms with Crippen molar-refractivity contribution in [2.75, 3.05) is 0 Å². The molecule has 0 bridgehead atoms. The van der Waals surface area contributed by atoms with Gasteiger partial charge in [0.15, 0.2) is 0 Å². The minimum atomic E-state index is -1.58. The van der Waals surface area contributed by atoms with E-state index in [0.29, 0.717) is 0 Å². The molecule has 0 spiro atoms. The number of hydrogen-bond donors (Lipinski definition) is 4. The van der Waals surface area contributed by atoms with Gasteiger partial charge in [-0.05, 0) is 36.4 Å². The van der Waals surface area contributed by atoms with E-state index in [0.717, 1.165) is 36.4 Å². The van der Waals surface area contributed by atoms with Gasteiger partial charge in [0.2, 0.25) is 6.29 Å². The van der Waals surface area contributed by atoms with E-state index in [-0.39, 0.29) is 17.5 Å². The second-order valence-electron chi connectivity index (χ2n) is 6.39. The van der Waals surface area contributed by atoms with Crippen molar-refractivity contribution in [3.63, 3.8) is 0 Å². The Hall–Kier alpha value is -4.74. The van der Waals surface area contributed by atoms with Crippen LogP contribution in [-0.2, 0) is 9.47 Å². The Morgan fingerprint density at radius 2 is 0.970 bits per heavy atom. The molecular weight excluding hydrogens is 444 g/mol. The molecule has 0 fully saturated rings. The largest absolute Gasteiger partial charge is 0.478 e. The standard InChI is InChI=1S/C21H16O12/c1-2-15(32-20(30)9-3-5-11(16(22)23)13(7-9)18(26)27)33-21(31)10-4-6-12(17(24)25)14(8-10)19(28)29/h3-8,15H,2H2,1H3,(H,22,23)(H,24,25)(H,26,27)(H,28,29). The van der Waals surface area contributed by atoms with Crippen LogP contribution >= 0.6 is 0 Å². The average Bonchev–Trinajstić information content (AvgIpc) is 2.77. The van der Waals surface area contributed by atoms with Crippen molar-refractivity contribution in [3.05, 3.63) is 69.8 Å². The molecule has 0 unspecified atom stereocenters. The molecule has 0 amide bonds. The highest BCUT2D eigenvalue weighted by Gasteiger charge is 2.24. The molecule has 2 aromatic carbocycles. The lowest BCUT2D eigenvalue weighted by Gasteiger charge is -2.17. The summed E-state index contributed by atoms with van der Waals surface area (Å²) in [7, 11) is 0. The van der Waals surface area contributed by atoms with Crippen LogP contribution in [0.25, 0.3) is 0 Å². The van der Waals surface area contributed by atoms with Crippen molar-refractivity contribution in [3.8, 4) is 0 Å². The van der Waals surface area contributed by atoms with E-state index in [1.807, 2.05) is 0 Å². The van der Waals surface area contributed by atoms with Crippen LogP contribution in [0.15, 0.2) is 36.4 Å². The third kappa shape index (κ3) is 5.70. The monoisotopic (exact) mass is 460 g/mol. The van der Waals surface area contributed by atoms with E-state index in [4.69, 9.17) is 29.9 Å². The van der Waals surface area contributed by atoms with Crippen molar-refractivity contribution >= 4 is 35.8 Å². The van der Waals surface area contributed by atoms with Gasteiger partial charge in [-0.15, -0.1) is 0 Å². The topological polar surface area (TPSA) is 202 Å². The molecule has 0 saturated carbocycles. The Labute approximate surface area is 184 Å². The van der Waals surface area contributed by atoms with Gasteiger partial charge in [0.1, 0.15) is 0 Å². The van der Waals surface area contributed by atoms with Gasteiger partial charge >= 0.3 is 35.8 Å². The summed E-state index contributed by atoms with van der Waals surface area (Å²) in [5, 5.41) is 36.4. The Morgan fingerprint density at radius 1 is 0.636 bits per heavy atom. The lowest BCUT2D eigenvalue weighted by atomic mass is 10.0. The summed E-state index contributed by atoms with van der Waals surface area (Å²) in [5.41, 5.74) is -3.02. The maximum Gasteiger partial charge on any atom is 0.341 e. The molecule has 2 rings (SSSR count). The zero-order chi connectivity index (χ0) is 24.9. The Morgan fingerprint density at radius 3 is 1.24 bits per heavy atom. The number of carbonyl (C=O) groups excluding carboxylic acids is 2. The minimum Gasteiger partial charge on any atom is -0.478 e. The molecule has 33 heavy (non-hydrogen) atoms. The van der Waals surface area contributed by atoms with E-state index in [1.165, 1.54) is 6.92 Å². The summed E-state index contributed by atoms with van der Waals surface area (Å²) in [4.78, 5) is 69.4. The molecule has 0 aliphatic rings. The van der Waals surface area contributed by atoms with Crippen LogP contribution in [0.4, 0.5) is 0 Å². The Kier molecular flexibility index (Phi) is 7.47. The molecular formula is C21H16O12. The quantitative estimate of drug-likeness (QED) is 0.314. The SMILES string of the molecule is CCC(OC(=O)c1ccc(C(=O)O)c(C(=O)O)c1)OC(=O)c1ccc(C(=O)O)c(C(=O)O)c1. The van der Waals surface area contributed by atoms with Crippen molar-refractivity contribution in [2.45, 2.75) is 19.6 Å². The van der Waals surface area contributed by atoms with Gasteiger partial charge in [0, 0.05) is 6.42 Å². The predicted octanol–water partition coefficient (Wildman–Crippen LogP) is 2.23. The molecule has 0 aliphatic carbocycles. The fourth-order valence-corrected chi connectivity index (χ4v) is 2.63. The van der Waals surface area contributed by atoms with Crippen LogP contribution in [0.1, 0.15) is 75.5 Å². The van der Waals surface area contributed by atoms with Crippen LogP contribution in [0.5, 0.6) is 0 Å². The van der Waals surface area contributed by atoms with E-state index in [9.17, 15) is 28.8 Å². The number of rotatable bonds is 9. The summed E-state index contributed by atoms with van der Waals surface area (Å²) in [6.45, 7) is 1.48. The van der Waals surface area contributed by atoms with Gasteiger partial charge in [-0.3, -0.25) is 0 Å². The molecule has 12 nitrogen and oxygen atoms in total. The van der Waals surface area contributed by atoms with Gasteiger partial charge in [0.05, 0.1) is 33.4 Å². The first kappa shape index (κ1) is 24.5. The summed E-state index contributed by atoms with van der Waals surface area (Å²) in [6.07, 6.45) is -1.51. The van der Waals surface area contributed by atoms with Crippen LogP contribution in [0, 0.1) is 0 Å². The number of carboxylic acids is 4. The van der Waals surface area contributed by atoms with E-state index in [1.54, 1.807) is 0 Å². The van der Waals surface area contributed by atoms with Gasteiger partial charge < -0.3 is 29.9 Å². The molecule has 12 heteroatoms.